The van der Waals surface area contributed by atoms with Crippen LogP contribution in [0.1, 0.15) is 83.0 Å². The molecule has 0 saturated carbocycles. The van der Waals surface area contributed by atoms with E-state index in [2.05, 4.69) is 31.6 Å². The van der Waals surface area contributed by atoms with Gasteiger partial charge in [0.25, 0.3) is 11.8 Å². The fourth-order valence-electron chi connectivity index (χ4n) is 9.59. The summed E-state index contributed by atoms with van der Waals surface area (Å²) in [6, 6.07) is 19.6. The highest BCUT2D eigenvalue weighted by Crippen LogP contribution is 2.47. The van der Waals surface area contributed by atoms with E-state index >= 15 is 0 Å². The summed E-state index contributed by atoms with van der Waals surface area (Å²) in [4.78, 5) is 126. The lowest BCUT2D eigenvalue weighted by Crippen LogP contribution is -2.54. The molecular weight excluding hydrogens is 1150 g/mol. The number of nitrogens with two attached hydrogens (primary N) is 1. The van der Waals surface area contributed by atoms with Crippen molar-refractivity contribution in [2.24, 2.45) is 11.7 Å². The summed E-state index contributed by atoms with van der Waals surface area (Å²) in [6.45, 7) is 5.03. The molecule has 10 N–H and O–H groups in total. The Morgan fingerprint density at radius 2 is 1.59 bits per heavy atom. The number of carboxylic acids is 1. The molecule has 1 aliphatic heterocycles. The first-order valence-electron chi connectivity index (χ1n) is 28.0. The van der Waals surface area contributed by atoms with Crippen LogP contribution in [0.15, 0.2) is 97.3 Å². The number of nitrogens with one attached hydrogen (secondary N) is 5. The average molecular weight is 1220 g/mol. The van der Waals surface area contributed by atoms with E-state index < -0.39 is 78.1 Å². The molecule has 3 heterocycles. The molecule has 0 fully saturated rings. The van der Waals surface area contributed by atoms with E-state index in [4.69, 9.17) is 36.7 Å². The molecule has 9 amide bonds. The number of phenols is 1. The number of likely N-dealkylation sites (N-methyl/N-ethyl adjacent to an activating group) is 1. The highest BCUT2D eigenvalue weighted by atomic mass is 35.5. The summed E-state index contributed by atoms with van der Waals surface area (Å²) in [5.74, 6) is -4.41. The number of aromatic hydroxyl groups is 1. The molecule has 2 aromatic heterocycles. The third-order valence-electron chi connectivity index (χ3n) is 14.2. The molecule has 3 atom stereocenters. The van der Waals surface area contributed by atoms with Gasteiger partial charge in [0.1, 0.15) is 41.5 Å². The van der Waals surface area contributed by atoms with Crippen LogP contribution in [0.25, 0.3) is 16.4 Å². The van der Waals surface area contributed by atoms with Gasteiger partial charge in [-0.1, -0.05) is 44.2 Å². The summed E-state index contributed by atoms with van der Waals surface area (Å²) in [6.07, 6.45) is 1.14. The summed E-state index contributed by atoms with van der Waals surface area (Å²) in [5, 5.41) is 42.5. The molecule has 6 aromatic rings. The minimum atomic E-state index is -1.18. The number of alkyl halides is 1. The van der Waals surface area contributed by atoms with E-state index in [0.29, 0.717) is 39.2 Å². The number of fused-ring (bicyclic) bond motifs is 4. The number of ether oxygens (including phenoxy) is 3. The Morgan fingerprint density at radius 1 is 0.851 bits per heavy atom. The summed E-state index contributed by atoms with van der Waals surface area (Å²) in [7, 11) is 1.48. The second kappa shape index (κ2) is 30.5. The third-order valence-corrected chi connectivity index (χ3v) is 14.5. The van der Waals surface area contributed by atoms with Crippen LogP contribution in [0.5, 0.6) is 11.5 Å². The number of urea groups is 1. The van der Waals surface area contributed by atoms with Gasteiger partial charge in [0.15, 0.2) is 0 Å². The molecule has 0 bridgehead atoms. The van der Waals surface area contributed by atoms with Gasteiger partial charge in [-0.15, -0.1) is 11.6 Å². The van der Waals surface area contributed by atoms with Crippen molar-refractivity contribution >= 4 is 98.8 Å². The molecule has 0 saturated heterocycles. The molecular formula is C60H70ClN11O15. The molecule has 7 rings (SSSR count). The van der Waals surface area contributed by atoms with Gasteiger partial charge < -0.3 is 80.9 Å². The van der Waals surface area contributed by atoms with Gasteiger partial charge in [-0.05, 0) is 96.3 Å². The molecule has 0 aliphatic carbocycles. The number of imidazole rings is 1. The Hall–Kier alpha value is -9.53. The number of carbonyl (C=O) groups is 9. The van der Waals surface area contributed by atoms with Gasteiger partial charge in [-0.25, -0.2) is 19.4 Å². The van der Waals surface area contributed by atoms with Crippen molar-refractivity contribution in [3.05, 3.63) is 125 Å². The number of rotatable bonds is 28. The van der Waals surface area contributed by atoms with E-state index in [1.54, 1.807) is 78.0 Å². The number of aliphatic hydroxyl groups excluding tert-OH is 1. The molecule has 1 aliphatic rings. The average Bonchev–Trinajstić information content (AvgIpc) is 2.08. The molecule has 27 heteroatoms. The van der Waals surface area contributed by atoms with Crippen molar-refractivity contribution in [3.8, 4) is 11.5 Å². The number of nitrogens with zero attached hydrogens (tertiary/aromatic N) is 5. The van der Waals surface area contributed by atoms with Crippen molar-refractivity contribution in [3.63, 3.8) is 0 Å². The Kier molecular flexibility index (Phi) is 22.8. The van der Waals surface area contributed by atoms with Gasteiger partial charge in [0, 0.05) is 93.1 Å². The standard InChI is InChI=1S/C60H70ClN11O15/c1-35(2)53(68-49(75)20-21-50(76)77)56(80)67-44(9-6-22-63-58(62)82)55(79)64-40-14-10-37(11-15-40)34-86-59(83)69(4)23-24-70(25-27-85-28-26-73)60(84)87-47-29-46-52(51-36(3)7-5-8-43(47)51)39(30-61)31-72(46)57(81)45-33-71-32-41(16-19-48(71)66-45)65-54(78)38-12-17-42(74)18-13-38/h5,7-8,10-19,29,32-33,35,39,44,53,73-74H,6,9,20-28,30-31,34H2,1-4H3,(H,64,79)(H,65,78)(H,67,80)(H,68,75)(H,76,77)(H3,62,63,82)/t39-,44+,53+/m1/s1. The number of carboxylic acid groups (broad SMARTS) is 1. The molecule has 0 spiro atoms. The van der Waals surface area contributed by atoms with Gasteiger partial charge in [0.05, 0.1) is 37.6 Å². The van der Waals surface area contributed by atoms with Crippen molar-refractivity contribution in [1.82, 2.24) is 35.1 Å². The fourth-order valence-corrected chi connectivity index (χ4v) is 9.84. The van der Waals surface area contributed by atoms with Crippen LogP contribution in [0.3, 0.4) is 0 Å². The van der Waals surface area contributed by atoms with Gasteiger partial charge in [0.2, 0.25) is 17.7 Å². The topological polar surface area (TPSA) is 355 Å². The lowest BCUT2D eigenvalue weighted by atomic mass is 9.92. The zero-order valence-corrected chi connectivity index (χ0v) is 49.1. The Morgan fingerprint density at radius 3 is 2.28 bits per heavy atom. The monoisotopic (exact) mass is 1220 g/mol. The van der Waals surface area contributed by atoms with Gasteiger partial charge >= 0.3 is 24.2 Å². The highest BCUT2D eigenvalue weighted by Gasteiger charge is 2.37. The Bertz CT molecular complexity index is 3490. The van der Waals surface area contributed by atoms with E-state index in [1.807, 2.05) is 25.1 Å². The van der Waals surface area contributed by atoms with Crippen LogP contribution in [-0.4, -0.2) is 166 Å². The predicted molar refractivity (Wildman–Crippen MR) is 321 cm³/mol. The lowest BCUT2D eigenvalue weighted by molar-refractivity contribution is -0.139. The summed E-state index contributed by atoms with van der Waals surface area (Å²) >= 11 is 6.63. The summed E-state index contributed by atoms with van der Waals surface area (Å²) < 4.78 is 18.9. The molecule has 26 nitrogen and oxygen atoms in total. The second-order valence-electron chi connectivity index (χ2n) is 20.9. The summed E-state index contributed by atoms with van der Waals surface area (Å²) in [5.41, 5.74) is 9.43. The largest absolute Gasteiger partial charge is 0.508 e. The first-order valence-corrected chi connectivity index (χ1v) is 28.5. The predicted octanol–water partition coefficient (Wildman–Crippen LogP) is 5.69. The number of pyridine rings is 1. The van der Waals surface area contributed by atoms with E-state index in [-0.39, 0.29) is 107 Å². The van der Waals surface area contributed by atoms with Crippen molar-refractivity contribution in [2.45, 2.75) is 71.1 Å². The SMILES string of the molecule is Cc1cccc2c(OC(=O)N(CCOCCO)CCN(C)C(=O)OCc3ccc(NC(=O)[C@H](CCCNC(N)=O)NC(=O)[C@@H](NC(=O)CCC(=O)O)C(C)C)cc3)cc3c(c12)[C@H](CCl)CN3C(=O)c1cn2cc(NC(=O)c3ccc(O)cc3)ccc2n1. The molecule has 0 radical (unpaired) electrons. The number of aliphatic carboxylic acids is 1. The number of aliphatic hydroxyl groups is 1. The number of aryl methyl sites for hydroxylation is 1. The van der Waals surface area contributed by atoms with Crippen molar-refractivity contribution < 1.29 is 72.7 Å². The maximum Gasteiger partial charge on any atom is 0.415 e. The minimum absolute atomic E-state index is 0.00487. The third kappa shape index (κ3) is 17.5. The van der Waals surface area contributed by atoms with Crippen LogP contribution in [0, 0.1) is 12.8 Å². The molecule has 0 unspecified atom stereocenters. The maximum atomic E-state index is 14.6. The van der Waals surface area contributed by atoms with E-state index in [0.717, 1.165) is 16.5 Å². The minimum Gasteiger partial charge on any atom is -0.508 e. The molecule has 462 valence electrons. The van der Waals surface area contributed by atoms with E-state index in [1.165, 1.54) is 41.1 Å². The normalized spacial score (nSPS) is 13.3. The molecule has 87 heavy (non-hydrogen) atoms. The lowest BCUT2D eigenvalue weighted by Gasteiger charge is -2.26. The number of hydrogen-bond donors (Lipinski definition) is 9. The van der Waals surface area contributed by atoms with Gasteiger partial charge in [-0.2, -0.15) is 0 Å². The number of halogens is 1. The van der Waals surface area contributed by atoms with Crippen LogP contribution in [-0.2, 0) is 35.3 Å². The van der Waals surface area contributed by atoms with E-state index in [9.17, 15) is 53.4 Å². The zero-order valence-electron chi connectivity index (χ0n) is 48.4. The second-order valence-corrected chi connectivity index (χ2v) is 21.2. The maximum absolute atomic E-state index is 14.6. The van der Waals surface area contributed by atoms with Crippen molar-refractivity contribution in [1.29, 1.82) is 0 Å². The van der Waals surface area contributed by atoms with Crippen molar-refractivity contribution in [2.75, 3.05) is 81.0 Å². The van der Waals surface area contributed by atoms with Crippen LogP contribution >= 0.6 is 11.6 Å². The Balaban J connectivity index is 0.998. The number of benzene rings is 4. The number of anilines is 3. The zero-order chi connectivity index (χ0) is 62.9. The number of hydrogen-bond acceptors (Lipinski definition) is 15. The van der Waals surface area contributed by atoms with Crippen LogP contribution in [0.2, 0.25) is 0 Å². The number of aromatic nitrogens is 2. The van der Waals surface area contributed by atoms with Gasteiger partial charge in [-0.3, -0.25) is 28.8 Å². The Labute approximate surface area is 505 Å². The number of primary amides is 1. The first-order chi connectivity index (χ1) is 41.6. The quantitative estimate of drug-likeness (QED) is 0.0210. The van der Waals surface area contributed by atoms with Crippen LogP contribution in [0.4, 0.5) is 31.4 Å². The number of carbonyl (C=O) groups excluding carboxylic acids is 8. The number of amides is 9. The smallest absolute Gasteiger partial charge is 0.415 e. The number of phenolic OH excluding ortho intramolecular Hbond substituents is 1. The fraction of sp³-hybridized carbons (Fsp3) is 0.367. The highest BCUT2D eigenvalue weighted by molar-refractivity contribution is 6.19. The van der Waals surface area contributed by atoms with Crippen LogP contribution < -0.4 is 42.0 Å². The molecule has 4 aromatic carbocycles. The first kappa shape index (κ1) is 65.0.